The van der Waals surface area contributed by atoms with E-state index in [1.54, 1.807) is 38.1 Å². The highest BCUT2D eigenvalue weighted by atomic mass is 19.4. The van der Waals surface area contributed by atoms with Crippen molar-refractivity contribution >= 4 is 29.4 Å². The van der Waals surface area contributed by atoms with Crippen LogP contribution in [0.3, 0.4) is 0 Å². The van der Waals surface area contributed by atoms with Crippen molar-refractivity contribution in [3.8, 4) is 22.3 Å². The second kappa shape index (κ2) is 14.3. The average Bonchev–Trinajstić information content (AvgIpc) is 3.95. The van der Waals surface area contributed by atoms with Gasteiger partial charge >= 0.3 is 18.1 Å². The molecular weight excluding hydrogens is 755 g/mol. The van der Waals surface area contributed by atoms with E-state index in [0.29, 0.717) is 34.0 Å². The maximum absolute atomic E-state index is 14.6. The molecule has 1 aliphatic heterocycles. The Labute approximate surface area is 328 Å². The lowest BCUT2D eigenvalue weighted by Gasteiger charge is -2.38. The van der Waals surface area contributed by atoms with Crippen molar-refractivity contribution < 1.29 is 45.8 Å². The molecule has 0 radical (unpaired) electrons. The van der Waals surface area contributed by atoms with Crippen LogP contribution in [-0.4, -0.2) is 38.3 Å². The standard InChI is InChI=1S/C42H32F3N7O6/c1-23-36(25(3)56-48-23)27-12-16-29(17-13-27)41(52-38(53)33-10-5-6-11-34(33)39(52)54,30-18-14-28(15-19-30)37-24(2)49-57-26(37)4)22-51-21-35(58-50-51)47-40(55)46-32-9-7-8-31(20-32)42(43,44)45/h5-21H,22H2,1-4H3,(H-,46,47,50,55)/p+1. The number of aryl methyl sites for hydroxylation is 4. The average molecular weight is 789 g/mol. The topological polar surface area (TPSA) is 160 Å². The largest absolute Gasteiger partial charge is 0.416 e. The zero-order valence-electron chi connectivity index (χ0n) is 31.3. The number of benzene rings is 4. The molecule has 1 aliphatic rings. The van der Waals surface area contributed by atoms with Crippen LogP contribution in [0.5, 0.6) is 0 Å². The number of halogens is 3. The number of hydrogen-bond donors (Lipinski definition) is 2. The number of nitrogens with zero attached hydrogens (tertiary/aromatic N) is 5. The molecule has 58 heavy (non-hydrogen) atoms. The van der Waals surface area contributed by atoms with Crippen molar-refractivity contribution in [1.82, 2.24) is 20.5 Å². The van der Waals surface area contributed by atoms with Crippen molar-refractivity contribution in [3.05, 3.63) is 154 Å². The molecule has 0 saturated carbocycles. The van der Waals surface area contributed by atoms with Gasteiger partial charge in [-0.15, -0.1) is 0 Å². The summed E-state index contributed by atoms with van der Waals surface area (Å²) in [5.41, 5.74) is 3.37. The summed E-state index contributed by atoms with van der Waals surface area (Å²) in [6, 6.07) is 24.5. The van der Waals surface area contributed by atoms with E-state index in [4.69, 9.17) is 13.6 Å². The number of anilines is 2. The number of imide groups is 1. The molecule has 0 fully saturated rings. The monoisotopic (exact) mass is 788 g/mol. The van der Waals surface area contributed by atoms with Crippen molar-refractivity contribution in [2.45, 2.75) is 46.0 Å². The maximum atomic E-state index is 14.6. The molecule has 8 rings (SSSR count). The van der Waals surface area contributed by atoms with E-state index < -0.39 is 35.1 Å². The number of urea groups is 1. The second-order valence-corrected chi connectivity index (χ2v) is 13.8. The maximum Gasteiger partial charge on any atom is 0.416 e. The molecule has 0 spiro atoms. The Balaban J connectivity index is 1.24. The van der Waals surface area contributed by atoms with Crippen LogP contribution in [0.25, 0.3) is 22.3 Å². The number of fused-ring (bicyclic) bond motifs is 1. The van der Waals surface area contributed by atoms with Crippen LogP contribution in [0.4, 0.5) is 29.5 Å². The summed E-state index contributed by atoms with van der Waals surface area (Å²) in [6.45, 7) is 7.06. The lowest BCUT2D eigenvalue weighted by Crippen LogP contribution is -2.58. The zero-order valence-corrected chi connectivity index (χ0v) is 31.3. The first-order valence-electron chi connectivity index (χ1n) is 17.9. The molecule has 2 N–H and O–H groups in total. The van der Waals surface area contributed by atoms with E-state index in [9.17, 15) is 27.6 Å². The summed E-state index contributed by atoms with van der Waals surface area (Å²) in [4.78, 5) is 43.3. The molecule has 0 bridgehead atoms. The number of alkyl halides is 3. The van der Waals surface area contributed by atoms with Gasteiger partial charge in [0.05, 0.1) is 28.1 Å². The Morgan fingerprint density at radius 2 is 1.22 bits per heavy atom. The molecule has 16 heteroatoms. The predicted molar refractivity (Wildman–Crippen MR) is 201 cm³/mol. The van der Waals surface area contributed by atoms with E-state index in [-0.39, 0.29) is 29.2 Å². The lowest BCUT2D eigenvalue weighted by molar-refractivity contribution is -0.769. The van der Waals surface area contributed by atoms with E-state index in [1.165, 1.54) is 27.9 Å². The third-order valence-corrected chi connectivity index (χ3v) is 10.1. The highest BCUT2D eigenvalue weighted by molar-refractivity contribution is 6.22. The molecular formula is C42H33F3N7O6+. The van der Waals surface area contributed by atoms with Crippen LogP contribution in [0.15, 0.2) is 117 Å². The van der Waals surface area contributed by atoms with Crippen LogP contribution in [-0.2, 0) is 18.3 Å². The third kappa shape index (κ3) is 6.57. The second-order valence-electron chi connectivity index (χ2n) is 13.8. The van der Waals surface area contributed by atoms with Crippen LogP contribution in [0.1, 0.15) is 60.3 Å². The Kier molecular flexibility index (Phi) is 9.26. The molecule has 0 atom stereocenters. The Morgan fingerprint density at radius 1 is 0.690 bits per heavy atom. The van der Waals surface area contributed by atoms with Crippen molar-refractivity contribution in [1.29, 1.82) is 0 Å². The first-order chi connectivity index (χ1) is 27.7. The van der Waals surface area contributed by atoms with Gasteiger partial charge in [-0.2, -0.15) is 13.2 Å². The van der Waals surface area contributed by atoms with Crippen molar-refractivity contribution in [3.63, 3.8) is 0 Å². The number of carbonyl (C=O) groups is 3. The molecule has 4 amide bonds. The van der Waals surface area contributed by atoms with Gasteiger partial charge in [-0.1, -0.05) is 77.0 Å². The number of amides is 4. The number of carbonyl (C=O) groups excluding carboxylic acids is 3. The summed E-state index contributed by atoms with van der Waals surface area (Å²) in [6.07, 6.45) is -3.27. The van der Waals surface area contributed by atoms with Gasteiger partial charge in [0.1, 0.15) is 11.5 Å². The third-order valence-electron chi connectivity index (χ3n) is 10.1. The van der Waals surface area contributed by atoms with Crippen LogP contribution in [0.2, 0.25) is 0 Å². The van der Waals surface area contributed by atoms with E-state index in [1.807, 2.05) is 62.4 Å². The number of aromatic nitrogens is 4. The van der Waals surface area contributed by atoms with Gasteiger partial charge in [0, 0.05) is 16.8 Å². The molecule has 7 aromatic rings. The van der Waals surface area contributed by atoms with Gasteiger partial charge < -0.3 is 14.4 Å². The summed E-state index contributed by atoms with van der Waals surface area (Å²) in [5, 5.41) is 17.1. The summed E-state index contributed by atoms with van der Waals surface area (Å²) in [5.74, 6) is -0.0476. The molecule has 4 heterocycles. The van der Waals surface area contributed by atoms with Gasteiger partial charge in [-0.25, -0.2) is 4.79 Å². The minimum atomic E-state index is -4.61. The van der Waals surface area contributed by atoms with Gasteiger partial charge in [-0.3, -0.25) is 24.3 Å². The Morgan fingerprint density at radius 3 is 1.71 bits per heavy atom. The minimum Gasteiger partial charge on any atom is -0.361 e. The molecule has 0 unspecified atom stereocenters. The van der Waals surface area contributed by atoms with Gasteiger partial charge in [0.25, 0.3) is 18.0 Å². The Hall–Kier alpha value is -7.36. The molecule has 4 aromatic carbocycles. The zero-order chi connectivity index (χ0) is 40.9. The quantitative estimate of drug-likeness (QED) is 0.108. The van der Waals surface area contributed by atoms with Crippen LogP contribution >= 0.6 is 0 Å². The molecule has 3 aromatic heterocycles. The fourth-order valence-electron chi connectivity index (χ4n) is 7.52. The number of rotatable bonds is 9. The molecule has 0 saturated heterocycles. The summed E-state index contributed by atoms with van der Waals surface area (Å²) >= 11 is 0. The fourth-order valence-corrected chi connectivity index (χ4v) is 7.52. The van der Waals surface area contributed by atoms with Crippen molar-refractivity contribution in [2.75, 3.05) is 10.6 Å². The fraction of sp³-hybridized carbons (Fsp3) is 0.167. The van der Waals surface area contributed by atoms with Gasteiger partial charge in [0.15, 0.2) is 5.54 Å². The van der Waals surface area contributed by atoms with E-state index in [2.05, 4.69) is 26.2 Å². The van der Waals surface area contributed by atoms with Crippen LogP contribution < -0.4 is 15.3 Å². The highest BCUT2D eigenvalue weighted by Gasteiger charge is 2.54. The van der Waals surface area contributed by atoms with Gasteiger partial charge in [-0.05, 0) is 85.0 Å². The predicted octanol–water partition coefficient (Wildman–Crippen LogP) is 8.41. The minimum absolute atomic E-state index is 0.107. The lowest BCUT2D eigenvalue weighted by atomic mass is 9.79. The normalized spacial score (nSPS) is 12.9. The smallest absolute Gasteiger partial charge is 0.361 e. The first kappa shape index (κ1) is 37.6. The van der Waals surface area contributed by atoms with Crippen LogP contribution in [0, 0.1) is 27.7 Å². The van der Waals surface area contributed by atoms with Gasteiger partial charge in [0.2, 0.25) is 11.8 Å². The first-order valence-corrected chi connectivity index (χ1v) is 17.9. The van der Waals surface area contributed by atoms with E-state index in [0.717, 1.165) is 34.4 Å². The SMILES string of the molecule is Cc1noc(C)c1-c1ccc(C(C[n+]2cc(NC(=O)Nc3cccc(C(F)(F)F)c3)on2)(c2ccc(-c3c(C)noc3C)cc2)N2C(=O)c3ccccc3C2=O)cc1. The molecule has 292 valence electrons. The number of nitrogens with one attached hydrogen (secondary N) is 2. The Bertz CT molecular complexity index is 2550. The summed E-state index contributed by atoms with van der Waals surface area (Å²) < 4.78 is 57.5. The summed E-state index contributed by atoms with van der Waals surface area (Å²) in [7, 11) is 0. The molecule has 0 aliphatic carbocycles. The van der Waals surface area contributed by atoms with E-state index >= 15 is 0 Å². The highest BCUT2D eigenvalue weighted by Crippen LogP contribution is 2.44. The van der Waals surface area contributed by atoms with Crippen molar-refractivity contribution in [2.24, 2.45) is 0 Å². The molecule has 13 nitrogen and oxygen atoms in total. The number of hydrogen-bond acceptors (Lipinski definition) is 9.